The Labute approximate surface area is 177 Å². The standard InChI is InChI=1S/C20H22FN5O4S/c21-14-2-5-16(6-3-14)31(29,30)26-9-1-8-25(10-11-26)13-19(27)22-15-4-7-17-18(12-15)24-20(28)23-17/h2-7,12H,1,8-11,13H2,(H,22,27)(H2,23,24,28). The highest BCUT2D eigenvalue weighted by Gasteiger charge is 2.27. The molecule has 2 heterocycles. The first-order valence-electron chi connectivity index (χ1n) is 9.81. The zero-order chi connectivity index (χ0) is 22.0. The number of aromatic nitrogens is 2. The SMILES string of the molecule is O=C(CN1CCCN(S(=O)(=O)c2ccc(F)cc2)CC1)Nc1ccc2[nH]c(=O)[nH]c2c1. The second-order valence-corrected chi connectivity index (χ2v) is 9.31. The molecule has 4 rings (SSSR count). The fourth-order valence-electron chi connectivity index (χ4n) is 3.62. The highest BCUT2D eigenvalue weighted by atomic mass is 32.2. The van der Waals surface area contributed by atoms with Gasteiger partial charge in [0, 0.05) is 25.3 Å². The van der Waals surface area contributed by atoms with Gasteiger partial charge in [-0.05, 0) is 55.4 Å². The van der Waals surface area contributed by atoms with E-state index >= 15 is 0 Å². The summed E-state index contributed by atoms with van der Waals surface area (Å²) in [4.78, 5) is 31.0. The lowest BCUT2D eigenvalue weighted by molar-refractivity contribution is -0.117. The fourth-order valence-corrected chi connectivity index (χ4v) is 5.08. The lowest BCUT2D eigenvalue weighted by Gasteiger charge is -2.21. The molecule has 11 heteroatoms. The molecule has 0 saturated carbocycles. The van der Waals surface area contributed by atoms with Crippen molar-refractivity contribution in [3.05, 3.63) is 58.8 Å². The molecule has 0 atom stereocenters. The molecule has 3 N–H and O–H groups in total. The van der Waals surface area contributed by atoms with Crippen molar-refractivity contribution in [2.45, 2.75) is 11.3 Å². The van der Waals surface area contributed by atoms with Crippen molar-refractivity contribution < 1.29 is 17.6 Å². The number of fused-ring (bicyclic) bond motifs is 1. The molecule has 9 nitrogen and oxygen atoms in total. The van der Waals surface area contributed by atoms with Gasteiger partial charge in [0.2, 0.25) is 15.9 Å². The zero-order valence-corrected chi connectivity index (χ0v) is 17.4. The summed E-state index contributed by atoms with van der Waals surface area (Å²) in [6.45, 7) is 1.66. The number of halogens is 1. The summed E-state index contributed by atoms with van der Waals surface area (Å²) in [5.41, 5.74) is 1.49. The third-order valence-electron chi connectivity index (χ3n) is 5.17. The molecule has 164 valence electrons. The minimum absolute atomic E-state index is 0.0540. The number of rotatable bonds is 5. The summed E-state index contributed by atoms with van der Waals surface area (Å²) < 4.78 is 40.1. The van der Waals surface area contributed by atoms with Gasteiger partial charge >= 0.3 is 5.69 Å². The van der Waals surface area contributed by atoms with E-state index in [1.54, 1.807) is 18.2 Å². The fraction of sp³-hybridized carbons (Fsp3) is 0.300. The van der Waals surface area contributed by atoms with E-state index in [1.165, 1.54) is 16.4 Å². The number of anilines is 1. The number of aromatic amines is 2. The van der Waals surface area contributed by atoms with Crippen LogP contribution in [0, 0.1) is 5.82 Å². The van der Waals surface area contributed by atoms with Crippen LogP contribution < -0.4 is 11.0 Å². The Hall–Kier alpha value is -3.02. The minimum atomic E-state index is -3.71. The van der Waals surface area contributed by atoms with Gasteiger partial charge in [-0.3, -0.25) is 9.69 Å². The number of nitrogens with zero attached hydrogens (tertiary/aromatic N) is 2. The van der Waals surface area contributed by atoms with Crippen LogP contribution in [-0.4, -0.2) is 66.2 Å². The van der Waals surface area contributed by atoms with Crippen LogP contribution in [0.1, 0.15) is 6.42 Å². The second kappa shape index (κ2) is 8.61. The second-order valence-electron chi connectivity index (χ2n) is 7.38. The van der Waals surface area contributed by atoms with Crippen molar-refractivity contribution in [3.8, 4) is 0 Å². The molecule has 0 radical (unpaired) electrons. The van der Waals surface area contributed by atoms with E-state index in [0.29, 0.717) is 42.8 Å². The number of carbonyl (C=O) groups excluding carboxylic acids is 1. The van der Waals surface area contributed by atoms with Crippen molar-refractivity contribution >= 4 is 32.7 Å². The molecule has 1 fully saturated rings. The predicted molar refractivity (Wildman–Crippen MR) is 114 cm³/mol. The molecular formula is C20H22FN5O4S. The third-order valence-corrected chi connectivity index (χ3v) is 7.08. The molecule has 1 aliphatic heterocycles. The molecule has 0 aliphatic carbocycles. The van der Waals surface area contributed by atoms with Crippen molar-refractivity contribution in [1.82, 2.24) is 19.2 Å². The van der Waals surface area contributed by atoms with E-state index in [4.69, 9.17) is 0 Å². The topological polar surface area (TPSA) is 118 Å². The largest absolute Gasteiger partial charge is 0.325 e. The first kappa shape index (κ1) is 21.2. The first-order chi connectivity index (χ1) is 14.8. The minimum Gasteiger partial charge on any atom is -0.325 e. The Kier molecular flexibility index (Phi) is 5.90. The summed E-state index contributed by atoms with van der Waals surface area (Å²) in [6.07, 6.45) is 0.574. The number of benzene rings is 2. The van der Waals surface area contributed by atoms with Crippen molar-refractivity contribution in [1.29, 1.82) is 0 Å². The van der Waals surface area contributed by atoms with E-state index in [2.05, 4.69) is 15.3 Å². The van der Waals surface area contributed by atoms with Crippen LogP contribution in [0.3, 0.4) is 0 Å². The Balaban J connectivity index is 1.36. The van der Waals surface area contributed by atoms with E-state index in [9.17, 15) is 22.4 Å². The number of carbonyl (C=O) groups is 1. The summed E-state index contributed by atoms with van der Waals surface area (Å²) in [6, 6.07) is 9.84. The molecular weight excluding hydrogens is 425 g/mol. The van der Waals surface area contributed by atoms with Crippen molar-refractivity contribution in [3.63, 3.8) is 0 Å². The monoisotopic (exact) mass is 447 g/mol. The van der Waals surface area contributed by atoms with Gasteiger partial charge in [-0.15, -0.1) is 0 Å². The predicted octanol–water partition coefficient (Wildman–Crippen LogP) is 1.33. The van der Waals surface area contributed by atoms with Gasteiger partial charge in [0.25, 0.3) is 0 Å². The van der Waals surface area contributed by atoms with Crippen molar-refractivity contribution in [2.24, 2.45) is 0 Å². The van der Waals surface area contributed by atoms with Gasteiger partial charge in [0.1, 0.15) is 5.82 Å². The van der Waals surface area contributed by atoms with Crippen LogP contribution in [0.2, 0.25) is 0 Å². The summed E-state index contributed by atoms with van der Waals surface area (Å²) in [5.74, 6) is -0.721. The lowest BCUT2D eigenvalue weighted by atomic mass is 10.2. The van der Waals surface area contributed by atoms with Crippen molar-refractivity contribution in [2.75, 3.05) is 38.0 Å². The summed E-state index contributed by atoms with van der Waals surface area (Å²) in [7, 11) is -3.71. The lowest BCUT2D eigenvalue weighted by Crippen LogP contribution is -2.38. The Bertz CT molecular complexity index is 1250. The van der Waals surface area contributed by atoms with Gasteiger partial charge in [-0.1, -0.05) is 0 Å². The van der Waals surface area contributed by atoms with E-state index in [0.717, 1.165) is 12.1 Å². The maximum absolute atomic E-state index is 13.1. The maximum atomic E-state index is 13.1. The number of hydrogen-bond acceptors (Lipinski definition) is 5. The molecule has 1 aliphatic rings. The third kappa shape index (κ3) is 4.84. The normalized spacial score (nSPS) is 16.3. The molecule has 1 aromatic heterocycles. The zero-order valence-electron chi connectivity index (χ0n) is 16.6. The van der Waals surface area contributed by atoms with Crippen LogP contribution in [0.25, 0.3) is 11.0 Å². The smallest absolute Gasteiger partial charge is 0.323 e. The number of hydrogen-bond donors (Lipinski definition) is 3. The van der Waals surface area contributed by atoms with Gasteiger partial charge in [0.05, 0.1) is 22.5 Å². The maximum Gasteiger partial charge on any atom is 0.323 e. The van der Waals surface area contributed by atoms with E-state index in [-0.39, 0.29) is 29.6 Å². The van der Waals surface area contributed by atoms with Gasteiger partial charge in [0.15, 0.2) is 0 Å². The number of imidazole rings is 1. The van der Waals surface area contributed by atoms with Crippen LogP contribution in [-0.2, 0) is 14.8 Å². The van der Waals surface area contributed by atoms with Gasteiger partial charge < -0.3 is 15.3 Å². The number of H-pyrrole nitrogens is 2. The molecule has 3 aromatic rings. The molecule has 1 amide bonds. The number of sulfonamides is 1. The number of amides is 1. The van der Waals surface area contributed by atoms with Crippen LogP contribution in [0.15, 0.2) is 52.2 Å². The van der Waals surface area contributed by atoms with E-state index in [1.807, 2.05) is 4.90 Å². The quantitative estimate of drug-likeness (QED) is 0.545. The molecule has 0 unspecified atom stereocenters. The van der Waals surface area contributed by atoms with Crippen LogP contribution in [0.4, 0.5) is 10.1 Å². The molecule has 2 aromatic carbocycles. The molecule has 1 saturated heterocycles. The van der Waals surface area contributed by atoms with Crippen LogP contribution in [0.5, 0.6) is 0 Å². The molecule has 0 spiro atoms. The Morgan fingerprint density at radius 2 is 1.74 bits per heavy atom. The van der Waals surface area contributed by atoms with Gasteiger partial charge in [-0.25, -0.2) is 17.6 Å². The van der Waals surface area contributed by atoms with Crippen LogP contribution >= 0.6 is 0 Å². The average molecular weight is 447 g/mol. The van der Waals surface area contributed by atoms with E-state index < -0.39 is 15.8 Å². The summed E-state index contributed by atoms with van der Waals surface area (Å²) in [5, 5.41) is 2.80. The Morgan fingerprint density at radius 3 is 2.52 bits per heavy atom. The molecule has 31 heavy (non-hydrogen) atoms. The molecule has 0 bridgehead atoms. The average Bonchev–Trinajstić information content (AvgIpc) is 2.92. The first-order valence-corrected chi connectivity index (χ1v) is 11.3. The highest BCUT2D eigenvalue weighted by Crippen LogP contribution is 2.19. The number of nitrogens with one attached hydrogen (secondary N) is 3. The summed E-state index contributed by atoms with van der Waals surface area (Å²) >= 11 is 0. The Morgan fingerprint density at radius 1 is 1.00 bits per heavy atom. The van der Waals surface area contributed by atoms with Gasteiger partial charge in [-0.2, -0.15) is 4.31 Å². The highest BCUT2D eigenvalue weighted by molar-refractivity contribution is 7.89.